The van der Waals surface area contributed by atoms with Gasteiger partial charge in [-0.1, -0.05) is 30.7 Å². The van der Waals surface area contributed by atoms with E-state index in [1.165, 1.54) is 10.1 Å². The summed E-state index contributed by atoms with van der Waals surface area (Å²) >= 11 is 6.21. The van der Waals surface area contributed by atoms with E-state index >= 15 is 0 Å². The molecule has 0 bridgehead atoms. The van der Waals surface area contributed by atoms with Gasteiger partial charge in [-0.15, -0.1) is 10.2 Å². The highest BCUT2D eigenvalue weighted by Crippen LogP contribution is 2.43. The van der Waals surface area contributed by atoms with Crippen molar-refractivity contribution in [1.29, 1.82) is 0 Å². The van der Waals surface area contributed by atoms with Crippen LogP contribution in [-0.2, 0) is 18.1 Å². The van der Waals surface area contributed by atoms with Gasteiger partial charge in [0.2, 0.25) is 5.82 Å². The fraction of sp³-hybridized carbons (Fsp3) is 0.619. The smallest absolute Gasteiger partial charge is 0.330 e. The predicted molar refractivity (Wildman–Crippen MR) is 109 cm³/mol. The average molecular weight is 442 g/mol. The summed E-state index contributed by atoms with van der Waals surface area (Å²) in [5.74, 6) is -0.455. The van der Waals surface area contributed by atoms with Crippen LogP contribution in [0.3, 0.4) is 0 Å². The maximum Gasteiger partial charge on any atom is 0.451 e. The summed E-state index contributed by atoms with van der Waals surface area (Å²) in [6.07, 6.45) is -0.0259. The Labute approximate surface area is 179 Å². The number of halogens is 4. The van der Waals surface area contributed by atoms with Gasteiger partial charge in [0.1, 0.15) is 0 Å². The number of fused-ring (bicyclic) bond motifs is 1. The van der Waals surface area contributed by atoms with Crippen LogP contribution in [0.25, 0.3) is 0 Å². The Morgan fingerprint density at radius 1 is 1.20 bits per heavy atom. The van der Waals surface area contributed by atoms with Crippen LogP contribution in [0.15, 0.2) is 24.3 Å². The van der Waals surface area contributed by atoms with E-state index in [0.29, 0.717) is 36.4 Å². The van der Waals surface area contributed by atoms with Gasteiger partial charge in [-0.25, -0.2) is 0 Å². The lowest BCUT2D eigenvalue weighted by atomic mass is 9.68. The lowest BCUT2D eigenvalue weighted by molar-refractivity contribution is -0.148. The van der Waals surface area contributed by atoms with E-state index in [0.717, 1.165) is 25.7 Å². The molecule has 1 unspecified atom stereocenters. The molecule has 2 aliphatic rings. The van der Waals surface area contributed by atoms with Crippen molar-refractivity contribution < 1.29 is 13.2 Å². The molecule has 1 fully saturated rings. The number of nitrogens with zero attached hydrogens (tertiary/aromatic N) is 4. The SMILES string of the molecule is CCC1c2nnc(C(F)(F)F)n2CCN1[C@H]1CC[C@@](CN)(c2cccc(Cl)c2)CC1. The summed E-state index contributed by atoms with van der Waals surface area (Å²) < 4.78 is 41.0. The Morgan fingerprint density at radius 2 is 1.93 bits per heavy atom. The molecule has 164 valence electrons. The summed E-state index contributed by atoms with van der Waals surface area (Å²) in [6.45, 7) is 3.39. The van der Waals surface area contributed by atoms with E-state index in [1.807, 2.05) is 25.1 Å². The maximum atomic E-state index is 13.2. The van der Waals surface area contributed by atoms with E-state index in [1.54, 1.807) is 0 Å². The van der Waals surface area contributed by atoms with E-state index in [2.05, 4.69) is 21.2 Å². The minimum Gasteiger partial charge on any atom is -0.330 e. The molecular formula is C21H27ClF3N5. The predicted octanol–water partition coefficient (Wildman–Crippen LogP) is 4.56. The maximum absolute atomic E-state index is 13.2. The van der Waals surface area contributed by atoms with Gasteiger partial charge in [-0.3, -0.25) is 4.90 Å². The molecule has 0 radical (unpaired) electrons. The van der Waals surface area contributed by atoms with E-state index < -0.39 is 12.0 Å². The molecule has 4 rings (SSSR count). The van der Waals surface area contributed by atoms with Gasteiger partial charge in [0.25, 0.3) is 0 Å². The highest BCUT2D eigenvalue weighted by molar-refractivity contribution is 6.30. The summed E-state index contributed by atoms with van der Waals surface area (Å²) in [5.41, 5.74) is 7.30. The molecule has 1 aromatic carbocycles. The van der Waals surface area contributed by atoms with E-state index in [4.69, 9.17) is 17.3 Å². The van der Waals surface area contributed by atoms with Gasteiger partial charge in [-0.05, 0) is 49.8 Å². The van der Waals surface area contributed by atoms with Crippen molar-refractivity contribution in [3.8, 4) is 0 Å². The average Bonchev–Trinajstić information content (AvgIpc) is 3.18. The largest absolute Gasteiger partial charge is 0.451 e. The number of aromatic nitrogens is 3. The van der Waals surface area contributed by atoms with Gasteiger partial charge in [0, 0.05) is 36.1 Å². The Balaban J connectivity index is 1.53. The first-order chi connectivity index (χ1) is 14.3. The molecule has 1 aromatic heterocycles. The second-order valence-corrected chi connectivity index (χ2v) is 8.86. The van der Waals surface area contributed by atoms with Crippen molar-refractivity contribution in [3.63, 3.8) is 0 Å². The van der Waals surface area contributed by atoms with Crippen LogP contribution in [0, 0.1) is 0 Å². The van der Waals surface area contributed by atoms with E-state index in [-0.39, 0.29) is 18.0 Å². The normalized spacial score (nSPS) is 27.8. The van der Waals surface area contributed by atoms with Crippen LogP contribution in [-0.4, -0.2) is 38.8 Å². The van der Waals surface area contributed by atoms with Crippen molar-refractivity contribution in [1.82, 2.24) is 19.7 Å². The molecule has 1 aliphatic heterocycles. The molecule has 2 aromatic rings. The van der Waals surface area contributed by atoms with Crippen molar-refractivity contribution in [2.75, 3.05) is 13.1 Å². The molecule has 0 amide bonds. The van der Waals surface area contributed by atoms with Gasteiger partial charge >= 0.3 is 6.18 Å². The van der Waals surface area contributed by atoms with Gasteiger partial charge < -0.3 is 10.3 Å². The van der Waals surface area contributed by atoms with Gasteiger partial charge in [-0.2, -0.15) is 13.2 Å². The molecule has 2 heterocycles. The summed E-state index contributed by atoms with van der Waals surface area (Å²) in [4.78, 5) is 2.34. The molecule has 5 nitrogen and oxygen atoms in total. The molecule has 2 N–H and O–H groups in total. The van der Waals surface area contributed by atoms with E-state index in [9.17, 15) is 13.2 Å². The second kappa shape index (κ2) is 8.13. The van der Waals surface area contributed by atoms with Gasteiger partial charge in [0.15, 0.2) is 5.82 Å². The standard InChI is InChI=1S/C21H27ClF3N5/c1-2-17-18-27-28-19(21(23,24)25)30(18)11-10-29(17)16-6-8-20(13-26,9-7-16)14-4-3-5-15(22)12-14/h3-5,12,16-17H,2,6-11,13,26H2,1H3/t16-,17?,20+. The topological polar surface area (TPSA) is 60.0 Å². The third-order valence-corrected chi connectivity index (χ3v) is 7.14. The third-order valence-electron chi connectivity index (χ3n) is 6.91. The number of alkyl halides is 3. The minimum atomic E-state index is -4.48. The number of hydrogen-bond donors (Lipinski definition) is 1. The van der Waals surface area contributed by atoms with Crippen molar-refractivity contribution >= 4 is 11.6 Å². The Hall–Kier alpha value is -1.64. The third kappa shape index (κ3) is 3.74. The van der Waals surface area contributed by atoms with Crippen LogP contribution in [0.1, 0.15) is 62.3 Å². The van der Waals surface area contributed by atoms with Crippen molar-refractivity contribution in [2.24, 2.45) is 5.73 Å². The monoisotopic (exact) mass is 441 g/mol. The minimum absolute atomic E-state index is 0.0949. The summed E-state index contributed by atoms with van der Waals surface area (Å²) in [6, 6.07) is 8.08. The first-order valence-corrected chi connectivity index (χ1v) is 10.9. The van der Waals surface area contributed by atoms with Crippen LogP contribution in [0.4, 0.5) is 13.2 Å². The molecular weight excluding hydrogens is 415 g/mol. The van der Waals surface area contributed by atoms with Crippen LogP contribution in [0.5, 0.6) is 0 Å². The molecule has 1 aliphatic carbocycles. The molecule has 9 heteroatoms. The van der Waals surface area contributed by atoms with Gasteiger partial charge in [0.05, 0.1) is 6.04 Å². The van der Waals surface area contributed by atoms with Crippen LogP contribution < -0.4 is 5.73 Å². The highest BCUT2D eigenvalue weighted by atomic mass is 35.5. The zero-order valence-corrected chi connectivity index (χ0v) is 17.8. The highest BCUT2D eigenvalue weighted by Gasteiger charge is 2.44. The summed E-state index contributed by atoms with van der Waals surface area (Å²) in [7, 11) is 0. The first-order valence-electron chi connectivity index (χ1n) is 10.5. The zero-order valence-electron chi connectivity index (χ0n) is 17.0. The number of nitrogens with two attached hydrogens (primary N) is 1. The molecule has 1 saturated carbocycles. The first kappa shape index (κ1) is 21.6. The zero-order chi connectivity index (χ0) is 21.5. The molecule has 1 atom stereocenters. The molecule has 0 saturated heterocycles. The lowest BCUT2D eigenvalue weighted by Crippen LogP contribution is -2.49. The Morgan fingerprint density at radius 3 is 2.53 bits per heavy atom. The van der Waals surface area contributed by atoms with Crippen molar-refractivity contribution in [2.45, 2.75) is 69.2 Å². The fourth-order valence-corrected chi connectivity index (χ4v) is 5.47. The number of rotatable bonds is 4. The number of hydrogen-bond acceptors (Lipinski definition) is 4. The lowest BCUT2D eigenvalue weighted by Gasteiger charge is -2.47. The number of benzene rings is 1. The van der Waals surface area contributed by atoms with Crippen LogP contribution >= 0.6 is 11.6 Å². The quantitative estimate of drug-likeness (QED) is 0.755. The summed E-state index contributed by atoms with van der Waals surface area (Å²) in [5, 5.41) is 8.11. The van der Waals surface area contributed by atoms with Crippen molar-refractivity contribution in [3.05, 3.63) is 46.5 Å². The second-order valence-electron chi connectivity index (χ2n) is 8.42. The Kier molecular flexibility index (Phi) is 5.85. The fourth-order valence-electron chi connectivity index (χ4n) is 5.28. The Bertz CT molecular complexity index is 889. The van der Waals surface area contributed by atoms with Crippen LogP contribution in [0.2, 0.25) is 5.02 Å². The molecule has 0 spiro atoms. The molecule has 30 heavy (non-hydrogen) atoms.